The molecule has 20 heavy (non-hydrogen) atoms. The molecule has 0 aliphatic carbocycles. The first-order chi connectivity index (χ1) is 9.06. The average molecular weight is 303 g/mol. The number of nitrogens with zero attached hydrogens (tertiary/aromatic N) is 1. The molecule has 0 amide bonds. The summed E-state index contributed by atoms with van der Waals surface area (Å²) in [6, 6.07) is -0.710. The van der Waals surface area contributed by atoms with Crippen molar-refractivity contribution in [3.05, 3.63) is 12.0 Å². The van der Waals surface area contributed by atoms with Crippen molar-refractivity contribution in [3.63, 3.8) is 0 Å². The largest absolute Gasteiger partial charge is 0.481 e. The Morgan fingerprint density at radius 2 is 2.10 bits per heavy atom. The fourth-order valence-corrected chi connectivity index (χ4v) is 2.99. The van der Waals surface area contributed by atoms with E-state index in [9.17, 15) is 13.2 Å². The summed E-state index contributed by atoms with van der Waals surface area (Å²) in [7, 11) is -3.81. The quantitative estimate of drug-likeness (QED) is 0.729. The van der Waals surface area contributed by atoms with E-state index < -0.39 is 27.4 Å². The zero-order valence-corrected chi connectivity index (χ0v) is 12.9. The molecule has 1 unspecified atom stereocenters. The van der Waals surface area contributed by atoms with Gasteiger partial charge in [0.15, 0.2) is 5.03 Å². The Hall–Kier alpha value is -1.41. The van der Waals surface area contributed by atoms with Crippen molar-refractivity contribution in [2.24, 2.45) is 5.41 Å². The van der Waals surface area contributed by atoms with Gasteiger partial charge in [0.25, 0.3) is 10.0 Å². The summed E-state index contributed by atoms with van der Waals surface area (Å²) < 4.78 is 26.9. The van der Waals surface area contributed by atoms with Crippen molar-refractivity contribution in [3.8, 4) is 0 Å². The molecule has 7 nitrogen and oxygen atoms in total. The first-order valence-corrected chi connectivity index (χ1v) is 7.82. The lowest BCUT2D eigenvalue weighted by Crippen LogP contribution is -2.45. The van der Waals surface area contributed by atoms with Crippen molar-refractivity contribution in [1.82, 2.24) is 14.7 Å². The van der Waals surface area contributed by atoms with Gasteiger partial charge in [0.05, 0.1) is 12.6 Å². The molecule has 0 aliphatic rings. The van der Waals surface area contributed by atoms with Crippen LogP contribution in [0.25, 0.3) is 0 Å². The number of aliphatic carboxylic acids is 1. The highest BCUT2D eigenvalue weighted by atomic mass is 32.2. The fourth-order valence-electron chi connectivity index (χ4n) is 1.61. The Bertz CT molecular complexity index is 572. The van der Waals surface area contributed by atoms with Crippen LogP contribution in [0.5, 0.6) is 0 Å². The summed E-state index contributed by atoms with van der Waals surface area (Å²) in [5, 5.41) is 8.85. The van der Waals surface area contributed by atoms with Crippen LogP contribution in [0.2, 0.25) is 0 Å². The van der Waals surface area contributed by atoms with Gasteiger partial charge in [-0.25, -0.2) is 18.1 Å². The third kappa shape index (κ3) is 4.31. The van der Waals surface area contributed by atoms with Crippen LogP contribution in [0.1, 0.15) is 39.9 Å². The van der Waals surface area contributed by atoms with Crippen molar-refractivity contribution in [2.45, 2.75) is 51.6 Å². The minimum atomic E-state index is -3.81. The maximum atomic E-state index is 12.2. The van der Waals surface area contributed by atoms with E-state index in [1.54, 1.807) is 20.8 Å². The maximum absolute atomic E-state index is 12.2. The van der Waals surface area contributed by atoms with Crippen LogP contribution in [0.4, 0.5) is 0 Å². The number of rotatable bonds is 6. The molecule has 0 spiro atoms. The number of hydrogen-bond acceptors (Lipinski definition) is 4. The van der Waals surface area contributed by atoms with E-state index in [0.29, 0.717) is 12.2 Å². The second kappa shape index (κ2) is 5.92. The zero-order chi connectivity index (χ0) is 15.6. The molecular weight excluding hydrogens is 282 g/mol. The van der Waals surface area contributed by atoms with E-state index in [1.165, 1.54) is 6.20 Å². The van der Waals surface area contributed by atoms with Crippen LogP contribution in [-0.2, 0) is 21.2 Å². The highest BCUT2D eigenvalue weighted by Crippen LogP contribution is 2.23. The summed E-state index contributed by atoms with van der Waals surface area (Å²) in [6.07, 6.45) is 1.55. The van der Waals surface area contributed by atoms with Gasteiger partial charge in [0, 0.05) is 12.5 Å². The monoisotopic (exact) mass is 303 g/mol. The molecule has 114 valence electrons. The zero-order valence-electron chi connectivity index (χ0n) is 12.1. The molecule has 1 rings (SSSR count). The van der Waals surface area contributed by atoms with E-state index in [0.717, 1.165) is 0 Å². The number of sulfonamides is 1. The van der Waals surface area contributed by atoms with Crippen LogP contribution in [-0.4, -0.2) is 35.5 Å². The van der Waals surface area contributed by atoms with Crippen molar-refractivity contribution < 1.29 is 18.3 Å². The molecule has 0 bridgehead atoms. The van der Waals surface area contributed by atoms with E-state index in [2.05, 4.69) is 14.7 Å². The number of aromatic nitrogens is 2. The minimum absolute atomic E-state index is 0.0472. The predicted molar refractivity (Wildman–Crippen MR) is 73.8 cm³/mol. The molecule has 1 aromatic rings. The van der Waals surface area contributed by atoms with Gasteiger partial charge < -0.3 is 10.1 Å². The molecule has 1 aromatic heterocycles. The molecule has 8 heteroatoms. The van der Waals surface area contributed by atoms with Gasteiger partial charge in [0.2, 0.25) is 0 Å². The molecule has 0 saturated heterocycles. The lowest BCUT2D eigenvalue weighted by Gasteiger charge is -2.29. The van der Waals surface area contributed by atoms with Crippen LogP contribution >= 0.6 is 0 Å². The summed E-state index contributed by atoms with van der Waals surface area (Å²) in [4.78, 5) is 17.5. The van der Waals surface area contributed by atoms with Gasteiger partial charge in [-0.2, -0.15) is 0 Å². The summed E-state index contributed by atoms with van der Waals surface area (Å²) in [5.41, 5.74) is -0.515. The van der Waals surface area contributed by atoms with Crippen LogP contribution in [0.3, 0.4) is 0 Å². The number of H-pyrrole nitrogens is 1. The fraction of sp³-hybridized carbons (Fsp3) is 0.667. The number of carbonyl (C=O) groups is 1. The lowest BCUT2D eigenvalue weighted by atomic mass is 9.85. The second-order valence-electron chi connectivity index (χ2n) is 5.69. The van der Waals surface area contributed by atoms with Gasteiger partial charge >= 0.3 is 5.97 Å². The Balaban J connectivity index is 2.99. The maximum Gasteiger partial charge on any atom is 0.304 e. The molecule has 3 N–H and O–H groups in total. The van der Waals surface area contributed by atoms with Crippen molar-refractivity contribution in [2.75, 3.05) is 0 Å². The minimum Gasteiger partial charge on any atom is -0.481 e. The molecule has 1 atom stereocenters. The highest BCUT2D eigenvalue weighted by Gasteiger charge is 2.32. The molecule has 1 heterocycles. The number of imidazole rings is 1. The Labute approximate surface area is 118 Å². The number of aryl methyl sites for hydroxylation is 1. The van der Waals surface area contributed by atoms with Gasteiger partial charge in [-0.3, -0.25) is 4.79 Å². The molecular formula is C12H21N3O4S. The Morgan fingerprint density at radius 1 is 1.50 bits per heavy atom. The van der Waals surface area contributed by atoms with Gasteiger partial charge in [-0.1, -0.05) is 27.7 Å². The van der Waals surface area contributed by atoms with E-state index in [-0.39, 0.29) is 11.4 Å². The second-order valence-corrected chi connectivity index (χ2v) is 7.37. The summed E-state index contributed by atoms with van der Waals surface area (Å²) in [6.45, 7) is 7.21. The molecule has 0 fully saturated rings. The first-order valence-electron chi connectivity index (χ1n) is 6.34. The van der Waals surface area contributed by atoms with Gasteiger partial charge in [-0.05, 0) is 5.41 Å². The van der Waals surface area contributed by atoms with Crippen LogP contribution in [0.15, 0.2) is 11.2 Å². The summed E-state index contributed by atoms with van der Waals surface area (Å²) >= 11 is 0. The molecule has 0 radical (unpaired) electrons. The number of carboxylic acids is 1. The van der Waals surface area contributed by atoms with Crippen LogP contribution < -0.4 is 4.72 Å². The molecule has 0 aliphatic heterocycles. The summed E-state index contributed by atoms with van der Waals surface area (Å²) in [5.74, 6) is -0.484. The first kappa shape index (κ1) is 16.6. The van der Waals surface area contributed by atoms with E-state index in [1.807, 2.05) is 6.92 Å². The van der Waals surface area contributed by atoms with Crippen molar-refractivity contribution >= 4 is 16.0 Å². The molecule has 0 aromatic carbocycles. The van der Waals surface area contributed by atoms with E-state index >= 15 is 0 Å². The Kier molecular flexibility index (Phi) is 4.93. The third-order valence-electron chi connectivity index (χ3n) is 2.95. The molecule has 0 saturated carbocycles. The van der Waals surface area contributed by atoms with Crippen LogP contribution in [0, 0.1) is 5.41 Å². The number of hydrogen-bond donors (Lipinski definition) is 3. The number of carboxylic acid groups (broad SMARTS) is 1. The smallest absolute Gasteiger partial charge is 0.304 e. The normalized spacial score (nSPS) is 14.2. The highest BCUT2D eigenvalue weighted by molar-refractivity contribution is 7.89. The SMILES string of the molecule is CCc1ncc(S(=O)(=O)NC(CC(=O)O)C(C)(C)C)[nH]1. The third-order valence-corrected chi connectivity index (χ3v) is 4.33. The average Bonchev–Trinajstić information content (AvgIpc) is 2.75. The number of nitrogens with one attached hydrogen (secondary N) is 2. The van der Waals surface area contributed by atoms with Gasteiger partial charge in [-0.15, -0.1) is 0 Å². The van der Waals surface area contributed by atoms with Crippen molar-refractivity contribution in [1.29, 1.82) is 0 Å². The number of aromatic amines is 1. The van der Waals surface area contributed by atoms with E-state index in [4.69, 9.17) is 5.11 Å². The standard InChI is InChI=1S/C12H21N3O4S/c1-5-9-13-7-10(14-9)20(18,19)15-8(6-11(16)17)12(2,3)4/h7-8,15H,5-6H2,1-4H3,(H,13,14)(H,16,17). The Morgan fingerprint density at radius 3 is 2.50 bits per heavy atom. The van der Waals surface area contributed by atoms with Gasteiger partial charge in [0.1, 0.15) is 5.82 Å². The predicted octanol–water partition coefficient (Wildman–Crippen LogP) is 1.14. The topological polar surface area (TPSA) is 112 Å². The lowest BCUT2D eigenvalue weighted by molar-refractivity contribution is -0.138.